The van der Waals surface area contributed by atoms with Crippen LogP contribution in [0.25, 0.3) is 0 Å². The van der Waals surface area contributed by atoms with Crippen molar-refractivity contribution in [1.82, 2.24) is 10.2 Å². The van der Waals surface area contributed by atoms with Gasteiger partial charge in [-0.15, -0.1) is 0 Å². The van der Waals surface area contributed by atoms with E-state index >= 15 is 0 Å². The summed E-state index contributed by atoms with van der Waals surface area (Å²) < 4.78 is 0. The molecule has 1 aliphatic rings. The van der Waals surface area contributed by atoms with Crippen LogP contribution in [-0.2, 0) is 4.79 Å². The van der Waals surface area contributed by atoms with E-state index in [4.69, 9.17) is 5.11 Å². The highest BCUT2D eigenvalue weighted by Gasteiger charge is 2.23. The van der Waals surface area contributed by atoms with Gasteiger partial charge in [-0.2, -0.15) is 0 Å². The molecule has 1 unspecified atom stereocenters. The van der Waals surface area contributed by atoms with Crippen molar-refractivity contribution in [2.75, 3.05) is 20.1 Å². The highest BCUT2D eigenvalue weighted by Crippen LogP contribution is 2.09. The maximum atomic E-state index is 11.4. The number of aliphatic hydroxyl groups excluding tert-OH is 1. The van der Waals surface area contributed by atoms with Crippen molar-refractivity contribution < 1.29 is 9.90 Å². The summed E-state index contributed by atoms with van der Waals surface area (Å²) in [5, 5.41) is 12.3. The zero-order valence-electron chi connectivity index (χ0n) is 8.29. The predicted octanol–water partition coefficient (Wildman–Crippen LogP) is -0.422. The first-order chi connectivity index (χ1) is 6.13. The van der Waals surface area contributed by atoms with Crippen LogP contribution in [0.15, 0.2) is 0 Å². The van der Waals surface area contributed by atoms with Gasteiger partial charge in [0.1, 0.15) is 6.10 Å². The molecule has 1 amide bonds. The summed E-state index contributed by atoms with van der Waals surface area (Å²) in [4.78, 5) is 13.0. The van der Waals surface area contributed by atoms with E-state index in [9.17, 15) is 4.79 Å². The van der Waals surface area contributed by atoms with Crippen molar-refractivity contribution in [3.8, 4) is 0 Å². The van der Waals surface area contributed by atoms with Crippen LogP contribution in [0.5, 0.6) is 0 Å². The van der Waals surface area contributed by atoms with Gasteiger partial charge in [0.05, 0.1) is 0 Å². The van der Waals surface area contributed by atoms with Gasteiger partial charge in [0, 0.05) is 19.6 Å². The zero-order valence-corrected chi connectivity index (χ0v) is 8.29. The third-order valence-electron chi connectivity index (χ3n) is 2.52. The maximum absolute atomic E-state index is 11.4. The van der Waals surface area contributed by atoms with E-state index in [-0.39, 0.29) is 11.9 Å². The molecule has 1 fully saturated rings. The summed E-state index contributed by atoms with van der Waals surface area (Å²) in [6.45, 7) is 3.39. The molecule has 0 aromatic carbocycles. The summed E-state index contributed by atoms with van der Waals surface area (Å²) in [5.41, 5.74) is 0. The van der Waals surface area contributed by atoms with Gasteiger partial charge in [0.15, 0.2) is 0 Å². The lowest BCUT2D eigenvalue weighted by Crippen LogP contribution is -2.49. The number of carbonyl (C=O) groups is 1. The van der Waals surface area contributed by atoms with E-state index in [2.05, 4.69) is 5.32 Å². The largest absolute Gasteiger partial charge is 0.384 e. The highest BCUT2D eigenvalue weighted by molar-refractivity contribution is 5.80. The molecule has 0 aromatic rings. The molecule has 13 heavy (non-hydrogen) atoms. The van der Waals surface area contributed by atoms with E-state index in [1.165, 1.54) is 6.92 Å². The molecular weight excluding hydrogens is 168 g/mol. The second-order valence-electron chi connectivity index (χ2n) is 3.63. The number of amides is 1. The van der Waals surface area contributed by atoms with Crippen LogP contribution < -0.4 is 5.32 Å². The SMILES string of the molecule is C[C@@H](O)C(=O)N(C)C1CCCNC1. The van der Waals surface area contributed by atoms with Crippen LogP contribution >= 0.6 is 0 Å². The molecule has 1 saturated heterocycles. The number of nitrogens with one attached hydrogen (secondary N) is 1. The van der Waals surface area contributed by atoms with Crippen LogP contribution in [0, 0.1) is 0 Å². The molecule has 4 nitrogen and oxygen atoms in total. The van der Waals surface area contributed by atoms with Crippen molar-refractivity contribution >= 4 is 5.91 Å². The summed E-state index contributed by atoms with van der Waals surface area (Å²) in [6, 6.07) is 0.246. The Balaban J connectivity index is 2.45. The van der Waals surface area contributed by atoms with Crippen LogP contribution in [0.4, 0.5) is 0 Å². The average molecular weight is 186 g/mol. The van der Waals surface area contributed by atoms with E-state index in [0.717, 1.165) is 25.9 Å². The molecule has 0 radical (unpaired) electrons. The topological polar surface area (TPSA) is 52.6 Å². The molecule has 0 spiro atoms. The number of carbonyl (C=O) groups excluding carboxylic acids is 1. The first kappa shape index (κ1) is 10.5. The Bertz CT molecular complexity index is 176. The quantitative estimate of drug-likeness (QED) is 0.615. The molecule has 2 atom stereocenters. The Labute approximate surface area is 78.9 Å². The van der Waals surface area contributed by atoms with Crippen molar-refractivity contribution in [1.29, 1.82) is 0 Å². The third-order valence-corrected chi connectivity index (χ3v) is 2.52. The van der Waals surface area contributed by atoms with Crippen molar-refractivity contribution in [3.05, 3.63) is 0 Å². The molecule has 1 heterocycles. The van der Waals surface area contributed by atoms with E-state index < -0.39 is 6.10 Å². The van der Waals surface area contributed by atoms with Crippen LogP contribution in [0.1, 0.15) is 19.8 Å². The molecule has 0 aromatic heterocycles. The second-order valence-corrected chi connectivity index (χ2v) is 3.63. The number of nitrogens with zero attached hydrogens (tertiary/aromatic N) is 1. The third kappa shape index (κ3) is 2.67. The number of piperidine rings is 1. The van der Waals surface area contributed by atoms with Gasteiger partial charge in [-0.05, 0) is 26.3 Å². The molecule has 0 saturated carbocycles. The summed E-state index contributed by atoms with van der Waals surface area (Å²) in [6.07, 6.45) is 1.25. The fraction of sp³-hybridized carbons (Fsp3) is 0.889. The summed E-state index contributed by atoms with van der Waals surface area (Å²) >= 11 is 0. The molecule has 1 rings (SSSR count). The minimum Gasteiger partial charge on any atom is -0.384 e. The minimum atomic E-state index is -0.882. The highest BCUT2D eigenvalue weighted by atomic mass is 16.3. The Morgan fingerprint density at radius 3 is 2.85 bits per heavy atom. The Hall–Kier alpha value is -0.610. The number of hydrogen-bond donors (Lipinski definition) is 2. The van der Waals surface area contributed by atoms with Gasteiger partial charge in [-0.25, -0.2) is 0 Å². The lowest BCUT2D eigenvalue weighted by atomic mass is 10.1. The Morgan fingerprint density at radius 2 is 2.38 bits per heavy atom. The smallest absolute Gasteiger partial charge is 0.251 e. The van der Waals surface area contributed by atoms with Gasteiger partial charge >= 0.3 is 0 Å². The lowest BCUT2D eigenvalue weighted by Gasteiger charge is -2.32. The van der Waals surface area contributed by atoms with Crippen LogP contribution in [0.3, 0.4) is 0 Å². The molecule has 1 aliphatic heterocycles. The number of hydrogen-bond acceptors (Lipinski definition) is 3. The predicted molar refractivity (Wildman–Crippen MR) is 50.3 cm³/mol. The first-order valence-corrected chi connectivity index (χ1v) is 4.78. The van der Waals surface area contributed by atoms with Crippen LogP contribution in [-0.4, -0.2) is 48.2 Å². The van der Waals surface area contributed by atoms with Crippen molar-refractivity contribution in [2.24, 2.45) is 0 Å². The summed E-state index contributed by atoms with van der Waals surface area (Å²) in [5.74, 6) is -0.186. The van der Waals surface area contributed by atoms with E-state index in [0.29, 0.717) is 0 Å². The summed E-state index contributed by atoms with van der Waals surface area (Å²) in [7, 11) is 1.76. The van der Waals surface area contributed by atoms with Gasteiger partial charge in [-0.3, -0.25) is 4.79 Å². The van der Waals surface area contributed by atoms with E-state index in [1.54, 1.807) is 11.9 Å². The van der Waals surface area contributed by atoms with Gasteiger partial charge in [0.2, 0.25) is 0 Å². The van der Waals surface area contributed by atoms with E-state index in [1.807, 2.05) is 0 Å². The lowest BCUT2D eigenvalue weighted by molar-refractivity contribution is -0.140. The minimum absolute atomic E-state index is 0.186. The fourth-order valence-corrected chi connectivity index (χ4v) is 1.64. The van der Waals surface area contributed by atoms with Gasteiger partial charge in [-0.1, -0.05) is 0 Å². The van der Waals surface area contributed by atoms with Crippen molar-refractivity contribution in [3.63, 3.8) is 0 Å². The fourth-order valence-electron chi connectivity index (χ4n) is 1.64. The standard InChI is InChI=1S/C9H18N2O2/c1-7(12)9(13)11(2)8-4-3-5-10-6-8/h7-8,10,12H,3-6H2,1-2H3/t7-,8?/m1/s1. The maximum Gasteiger partial charge on any atom is 0.251 e. The Kier molecular flexibility index (Phi) is 3.69. The molecule has 0 bridgehead atoms. The number of rotatable bonds is 2. The first-order valence-electron chi connectivity index (χ1n) is 4.78. The zero-order chi connectivity index (χ0) is 9.84. The number of likely N-dealkylation sites (N-methyl/N-ethyl adjacent to an activating group) is 1. The van der Waals surface area contributed by atoms with Gasteiger partial charge in [0.25, 0.3) is 5.91 Å². The molecular formula is C9H18N2O2. The number of aliphatic hydroxyl groups is 1. The second kappa shape index (κ2) is 4.58. The monoisotopic (exact) mass is 186 g/mol. The normalized spacial score (nSPS) is 25.3. The molecule has 4 heteroatoms. The van der Waals surface area contributed by atoms with Gasteiger partial charge < -0.3 is 15.3 Å². The molecule has 0 aliphatic carbocycles. The average Bonchev–Trinajstić information content (AvgIpc) is 2.17. The van der Waals surface area contributed by atoms with Crippen molar-refractivity contribution in [2.45, 2.75) is 31.9 Å². The Morgan fingerprint density at radius 1 is 1.69 bits per heavy atom. The van der Waals surface area contributed by atoms with Crippen LogP contribution in [0.2, 0.25) is 0 Å². The molecule has 2 N–H and O–H groups in total. The molecule has 76 valence electrons.